The van der Waals surface area contributed by atoms with Gasteiger partial charge in [-0.05, 0) is 68.3 Å². The van der Waals surface area contributed by atoms with Crippen LogP contribution in [0.1, 0.15) is 31.9 Å². The summed E-state index contributed by atoms with van der Waals surface area (Å²) in [6.07, 6.45) is 1.41. The Morgan fingerprint density at radius 2 is 1.69 bits per heavy atom. The number of ether oxygens (including phenoxy) is 1. The van der Waals surface area contributed by atoms with Gasteiger partial charge >= 0.3 is 11.8 Å². The minimum absolute atomic E-state index is 0.0281. The van der Waals surface area contributed by atoms with Crippen molar-refractivity contribution < 1.29 is 19.2 Å². The number of carbonyl (C=O) groups is 2. The van der Waals surface area contributed by atoms with Gasteiger partial charge in [-0.3, -0.25) is 19.7 Å². The lowest BCUT2D eigenvalue weighted by molar-refractivity contribution is -0.384. The average molecular weight is 398 g/mol. The Hall–Kier alpha value is -3.75. The van der Waals surface area contributed by atoms with Gasteiger partial charge in [0.25, 0.3) is 5.69 Å². The van der Waals surface area contributed by atoms with E-state index in [2.05, 4.69) is 15.8 Å². The molecule has 0 saturated carbocycles. The number of non-ortho nitro benzene ring substituents is 1. The molecule has 152 valence electrons. The van der Waals surface area contributed by atoms with Crippen LogP contribution in [0.2, 0.25) is 0 Å². The van der Waals surface area contributed by atoms with Gasteiger partial charge in [0, 0.05) is 17.7 Å². The van der Waals surface area contributed by atoms with Gasteiger partial charge in [0.05, 0.1) is 11.1 Å². The molecule has 2 amide bonds. The molecular formula is C20H22N4O5. The van der Waals surface area contributed by atoms with Crippen molar-refractivity contribution >= 4 is 23.7 Å². The van der Waals surface area contributed by atoms with E-state index in [1.807, 2.05) is 0 Å². The van der Waals surface area contributed by atoms with Gasteiger partial charge in [-0.25, -0.2) is 5.43 Å². The number of rotatable bonds is 6. The molecule has 0 aliphatic rings. The summed E-state index contributed by atoms with van der Waals surface area (Å²) in [7, 11) is 0. The summed E-state index contributed by atoms with van der Waals surface area (Å²) >= 11 is 0. The lowest BCUT2D eigenvalue weighted by Crippen LogP contribution is -2.47. The normalized spacial score (nSPS) is 11.1. The predicted octanol–water partition coefficient (Wildman–Crippen LogP) is 2.54. The van der Waals surface area contributed by atoms with Gasteiger partial charge in [-0.15, -0.1) is 0 Å². The molecule has 0 spiro atoms. The van der Waals surface area contributed by atoms with Crippen LogP contribution in [0.25, 0.3) is 0 Å². The highest BCUT2D eigenvalue weighted by Gasteiger charge is 2.19. The number of hydrogen-bond donors (Lipinski definition) is 2. The summed E-state index contributed by atoms with van der Waals surface area (Å²) in [5.74, 6) is -1.00. The molecule has 9 heteroatoms. The predicted molar refractivity (Wildman–Crippen MR) is 108 cm³/mol. The van der Waals surface area contributed by atoms with Crippen molar-refractivity contribution in [1.29, 1.82) is 0 Å². The van der Waals surface area contributed by atoms with Crippen molar-refractivity contribution in [3.8, 4) is 5.75 Å². The van der Waals surface area contributed by atoms with Crippen molar-refractivity contribution in [1.82, 2.24) is 10.7 Å². The zero-order valence-corrected chi connectivity index (χ0v) is 16.3. The van der Waals surface area contributed by atoms with Crippen LogP contribution in [0.5, 0.6) is 5.75 Å². The van der Waals surface area contributed by atoms with E-state index in [1.165, 1.54) is 18.3 Å². The second-order valence-electron chi connectivity index (χ2n) is 7.18. The summed E-state index contributed by atoms with van der Waals surface area (Å²) in [6.45, 7) is 5.58. The van der Waals surface area contributed by atoms with E-state index < -0.39 is 22.3 Å². The maximum atomic E-state index is 11.6. The number of hydrazone groups is 1. The summed E-state index contributed by atoms with van der Waals surface area (Å²) in [5, 5.41) is 16.9. The van der Waals surface area contributed by atoms with E-state index in [-0.39, 0.29) is 12.3 Å². The summed E-state index contributed by atoms with van der Waals surface area (Å²) < 4.78 is 5.63. The number of nitro benzene ring substituents is 1. The molecule has 2 N–H and O–H groups in total. The first-order valence-electron chi connectivity index (χ1n) is 8.76. The number of benzene rings is 2. The van der Waals surface area contributed by atoms with Crippen LogP contribution < -0.4 is 15.5 Å². The largest absolute Gasteiger partial charge is 0.489 e. The van der Waals surface area contributed by atoms with E-state index in [0.717, 1.165) is 5.56 Å². The molecule has 2 aromatic carbocycles. The fourth-order valence-electron chi connectivity index (χ4n) is 2.14. The standard InChI is InChI=1S/C20H22N4O5/c1-20(2,3)22-18(25)19(26)23-21-12-14-6-10-17(11-7-14)29-13-15-4-8-16(9-5-15)24(27)28/h4-12H,13H2,1-3H3,(H,22,25)(H,23,26)/b21-12+. The maximum absolute atomic E-state index is 11.6. The molecule has 29 heavy (non-hydrogen) atoms. The summed E-state index contributed by atoms with van der Waals surface area (Å²) in [6, 6.07) is 13.0. The first kappa shape index (κ1) is 21.5. The minimum Gasteiger partial charge on any atom is -0.489 e. The fourth-order valence-corrected chi connectivity index (χ4v) is 2.14. The highest BCUT2D eigenvalue weighted by Crippen LogP contribution is 2.16. The van der Waals surface area contributed by atoms with E-state index in [0.29, 0.717) is 11.3 Å². The van der Waals surface area contributed by atoms with Crippen molar-refractivity contribution in [2.45, 2.75) is 32.9 Å². The van der Waals surface area contributed by atoms with Crippen LogP contribution in [0.15, 0.2) is 53.6 Å². The lowest BCUT2D eigenvalue weighted by atomic mass is 10.1. The Bertz CT molecular complexity index is 900. The van der Waals surface area contributed by atoms with Crippen molar-refractivity contribution in [2.24, 2.45) is 5.10 Å². The third-order valence-electron chi connectivity index (χ3n) is 3.51. The molecule has 2 aromatic rings. The molecule has 0 fully saturated rings. The topological polar surface area (TPSA) is 123 Å². The Labute approximate surface area is 167 Å². The van der Waals surface area contributed by atoms with Crippen molar-refractivity contribution in [2.75, 3.05) is 0 Å². The molecular weight excluding hydrogens is 376 g/mol. The van der Waals surface area contributed by atoms with E-state index in [1.54, 1.807) is 57.2 Å². The average Bonchev–Trinajstić information content (AvgIpc) is 2.66. The second-order valence-corrected chi connectivity index (χ2v) is 7.18. The van der Waals surface area contributed by atoms with E-state index in [4.69, 9.17) is 4.74 Å². The van der Waals surface area contributed by atoms with Crippen molar-refractivity contribution in [3.63, 3.8) is 0 Å². The van der Waals surface area contributed by atoms with Crippen LogP contribution in [0.3, 0.4) is 0 Å². The number of hydrogen-bond acceptors (Lipinski definition) is 6. The molecule has 0 radical (unpaired) electrons. The summed E-state index contributed by atoms with van der Waals surface area (Å²) in [4.78, 5) is 33.5. The van der Waals surface area contributed by atoms with Crippen LogP contribution in [-0.4, -0.2) is 28.5 Å². The van der Waals surface area contributed by atoms with E-state index in [9.17, 15) is 19.7 Å². The highest BCUT2D eigenvalue weighted by molar-refractivity contribution is 6.35. The first-order valence-corrected chi connectivity index (χ1v) is 8.76. The molecule has 0 aliphatic carbocycles. The molecule has 0 aliphatic heterocycles. The van der Waals surface area contributed by atoms with Gasteiger partial charge in [0.15, 0.2) is 0 Å². The van der Waals surface area contributed by atoms with Crippen LogP contribution >= 0.6 is 0 Å². The zero-order chi connectivity index (χ0) is 21.4. The molecule has 0 saturated heterocycles. The molecule has 9 nitrogen and oxygen atoms in total. The fraction of sp³-hybridized carbons (Fsp3) is 0.250. The Morgan fingerprint density at radius 1 is 1.07 bits per heavy atom. The highest BCUT2D eigenvalue weighted by atomic mass is 16.6. The molecule has 0 atom stereocenters. The SMILES string of the molecule is CC(C)(C)NC(=O)C(=O)N/N=C/c1ccc(OCc2ccc([N+](=O)[O-])cc2)cc1. The maximum Gasteiger partial charge on any atom is 0.329 e. The molecule has 0 unspecified atom stereocenters. The number of nitrogens with one attached hydrogen (secondary N) is 2. The summed E-state index contributed by atoms with van der Waals surface area (Å²) in [5.41, 5.74) is 3.18. The van der Waals surface area contributed by atoms with E-state index >= 15 is 0 Å². The third kappa shape index (κ3) is 7.41. The van der Waals surface area contributed by atoms with Gasteiger partial charge in [-0.1, -0.05) is 0 Å². The van der Waals surface area contributed by atoms with Gasteiger partial charge in [-0.2, -0.15) is 5.10 Å². The second kappa shape index (κ2) is 9.45. The molecule has 0 heterocycles. The van der Waals surface area contributed by atoms with Gasteiger partial charge < -0.3 is 10.1 Å². The Morgan fingerprint density at radius 3 is 2.24 bits per heavy atom. The smallest absolute Gasteiger partial charge is 0.329 e. The van der Waals surface area contributed by atoms with Crippen LogP contribution in [0.4, 0.5) is 5.69 Å². The van der Waals surface area contributed by atoms with Crippen LogP contribution in [0, 0.1) is 10.1 Å². The first-order chi connectivity index (χ1) is 13.6. The monoisotopic (exact) mass is 398 g/mol. The number of amides is 2. The van der Waals surface area contributed by atoms with Gasteiger partial charge in [0.1, 0.15) is 12.4 Å². The molecule has 0 aromatic heterocycles. The zero-order valence-electron chi connectivity index (χ0n) is 16.3. The Balaban J connectivity index is 1.83. The van der Waals surface area contributed by atoms with Gasteiger partial charge in [0.2, 0.25) is 0 Å². The lowest BCUT2D eigenvalue weighted by Gasteiger charge is -2.19. The number of nitro groups is 1. The Kier molecular flexibility index (Phi) is 7.02. The van der Waals surface area contributed by atoms with Crippen molar-refractivity contribution in [3.05, 3.63) is 69.8 Å². The third-order valence-corrected chi connectivity index (χ3v) is 3.51. The quantitative estimate of drug-likeness (QED) is 0.335. The van der Waals surface area contributed by atoms with Crippen LogP contribution in [-0.2, 0) is 16.2 Å². The number of carbonyl (C=O) groups excluding carboxylic acids is 2. The molecule has 0 bridgehead atoms. The molecule has 2 rings (SSSR count). The minimum atomic E-state index is -0.848. The number of nitrogens with zero attached hydrogens (tertiary/aromatic N) is 2.